The average Bonchev–Trinajstić information content (AvgIpc) is 2.43. The fraction of sp³-hybridized carbons (Fsp3) is 0.308. The molecule has 0 aromatic heterocycles. The molecule has 0 unspecified atom stereocenters. The van der Waals surface area contributed by atoms with E-state index >= 15 is 0 Å². The van der Waals surface area contributed by atoms with E-state index in [1.807, 2.05) is 6.07 Å². The first kappa shape index (κ1) is 17.1. The topological polar surface area (TPSA) is 93.4 Å². The molecule has 0 heterocycles. The number of rotatable bonds is 5. The molecule has 0 saturated carbocycles. The summed E-state index contributed by atoms with van der Waals surface area (Å²) < 4.78 is 0. The van der Waals surface area contributed by atoms with Crippen LogP contribution in [0.2, 0.25) is 10.0 Å². The number of anilines is 1. The molecule has 0 saturated heterocycles. The number of hydrogen-bond acceptors (Lipinski definition) is 3. The quantitative estimate of drug-likeness (QED) is 0.864. The third kappa shape index (κ3) is 4.52. The van der Waals surface area contributed by atoms with Crippen molar-refractivity contribution in [3.63, 3.8) is 0 Å². The molecule has 1 rings (SSSR count). The molecule has 1 aromatic carbocycles. The first-order valence-electron chi connectivity index (χ1n) is 6.05. The summed E-state index contributed by atoms with van der Waals surface area (Å²) in [6.07, 6.45) is 0.209. The zero-order valence-electron chi connectivity index (χ0n) is 11.2. The predicted molar refractivity (Wildman–Crippen MR) is 79.9 cm³/mol. The Bertz CT molecular complexity index is 576. The highest BCUT2D eigenvalue weighted by atomic mass is 35.5. The minimum absolute atomic E-state index is 0.0320. The van der Waals surface area contributed by atoms with Gasteiger partial charge in [0.05, 0.1) is 33.8 Å². The summed E-state index contributed by atoms with van der Waals surface area (Å²) in [5.74, 6) is -1.17. The van der Waals surface area contributed by atoms with Crippen LogP contribution in [0.5, 0.6) is 0 Å². The third-order valence-electron chi connectivity index (χ3n) is 2.68. The molecular weight excluding hydrogens is 317 g/mol. The van der Waals surface area contributed by atoms with Crippen LogP contribution in [-0.2, 0) is 0 Å². The second-order valence-electron chi connectivity index (χ2n) is 4.04. The van der Waals surface area contributed by atoms with E-state index in [4.69, 9.17) is 33.6 Å². The largest absolute Gasteiger partial charge is 0.478 e. The van der Waals surface area contributed by atoms with Gasteiger partial charge in [0.2, 0.25) is 0 Å². The second-order valence-corrected chi connectivity index (χ2v) is 4.85. The van der Waals surface area contributed by atoms with Crippen LogP contribution in [0, 0.1) is 11.3 Å². The number of halogens is 2. The van der Waals surface area contributed by atoms with Gasteiger partial charge in [-0.25, -0.2) is 9.59 Å². The fourth-order valence-corrected chi connectivity index (χ4v) is 2.17. The highest BCUT2D eigenvalue weighted by Gasteiger charge is 2.17. The van der Waals surface area contributed by atoms with Gasteiger partial charge in [-0.2, -0.15) is 5.26 Å². The van der Waals surface area contributed by atoms with Gasteiger partial charge < -0.3 is 15.3 Å². The predicted octanol–water partition coefficient (Wildman–Crippen LogP) is 3.46. The molecule has 0 bridgehead atoms. The van der Waals surface area contributed by atoms with Crippen LogP contribution in [0.4, 0.5) is 10.5 Å². The van der Waals surface area contributed by atoms with Crippen molar-refractivity contribution in [2.75, 3.05) is 18.4 Å². The van der Waals surface area contributed by atoms with Gasteiger partial charge in [0.1, 0.15) is 0 Å². The van der Waals surface area contributed by atoms with Crippen molar-refractivity contribution >= 4 is 40.9 Å². The number of benzene rings is 1. The molecule has 21 heavy (non-hydrogen) atoms. The van der Waals surface area contributed by atoms with Crippen LogP contribution < -0.4 is 5.32 Å². The number of hydrogen-bond donors (Lipinski definition) is 2. The Hall–Kier alpha value is -1.97. The van der Waals surface area contributed by atoms with E-state index in [0.29, 0.717) is 6.54 Å². The minimum atomic E-state index is -1.17. The standard InChI is InChI=1S/C13H13Cl2N3O3/c1-2-18(5-3-4-16)13(21)17-11-9(14)6-8(12(19)20)7-10(11)15/h6-7H,2-3,5H2,1H3,(H,17,21)(H,19,20). The molecule has 6 nitrogen and oxygen atoms in total. The molecule has 0 aliphatic carbocycles. The zero-order valence-corrected chi connectivity index (χ0v) is 12.7. The number of urea groups is 1. The molecule has 2 amide bonds. The number of amides is 2. The van der Waals surface area contributed by atoms with Crippen molar-refractivity contribution in [1.29, 1.82) is 5.26 Å². The number of nitrogens with one attached hydrogen (secondary N) is 1. The van der Waals surface area contributed by atoms with Crippen molar-refractivity contribution < 1.29 is 14.7 Å². The number of carbonyl (C=O) groups is 2. The highest BCUT2D eigenvalue weighted by Crippen LogP contribution is 2.32. The maximum Gasteiger partial charge on any atom is 0.335 e. The van der Waals surface area contributed by atoms with E-state index in [9.17, 15) is 9.59 Å². The van der Waals surface area contributed by atoms with E-state index in [-0.39, 0.29) is 34.3 Å². The summed E-state index contributed by atoms with van der Waals surface area (Å²) in [4.78, 5) is 24.3. The number of carbonyl (C=O) groups excluding carboxylic acids is 1. The summed E-state index contributed by atoms with van der Waals surface area (Å²) in [7, 11) is 0. The van der Waals surface area contributed by atoms with Crippen LogP contribution >= 0.6 is 23.2 Å². The second kappa shape index (κ2) is 7.72. The Labute approximate surface area is 131 Å². The van der Waals surface area contributed by atoms with Gasteiger partial charge in [-0.1, -0.05) is 23.2 Å². The molecule has 1 aromatic rings. The lowest BCUT2D eigenvalue weighted by Gasteiger charge is -2.21. The highest BCUT2D eigenvalue weighted by molar-refractivity contribution is 6.40. The van der Waals surface area contributed by atoms with Gasteiger partial charge in [-0.05, 0) is 19.1 Å². The molecule has 0 atom stereocenters. The van der Waals surface area contributed by atoms with Crippen LogP contribution in [0.25, 0.3) is 0 Å². The van der Waals surface area contributed by atoms with Crippen LogP contribution in [0.3, 0.4) is 0 Å². The Balaban J connectivity index is 2.95. The average molecular weight is 330 g/mol. The van der Waals surface area contributed by atoms with Crippen LogP contribution in [0.1, 0.15) is 23.7 Å². The molecule has 2 N–H and O–H groups in total. The first-order chi connectivity index (χ1) is 9.90. The molecule has 8 heteroatoms. The van der Waals surface area contributed by atoms with E-state index in [1.165, 1.54) is 17.0 Å². The van der Waals surface area contributed by atoms with Crippen molar-refractivity contribution in [3.05, 3.63) is 27.7 Å². The fourth-order valence-electron chi connectivity index (χ4n) is 1.59. The lowest BCUT2D eigenvalue weighted by atomic mass is 10.2. The van der Waals surface area contributed by atoms with Crippen LogP contribution in [0.15, 0.2) is 12.1 Å². The lowest BCUT2D eigenvalue weighted by molar-refractivity contribution is 0.0697. The Kier molecular flexibility index (Phi) is 6.28. The molecule has 0 aliphatic heterocycles. The summed E-state index contributed by atoms with van der Waals surface area (Å²) in [5, 5.41) is 20.0. The number of carboxylic acids is 1. The van der Waals surface area contributed by atoms with E-state index in [2.05, 4.69) is 5.32 Å². The summed E-state index contributed by atoms with van der Waals surface area (Å²) in [6.45, 7) is 2.46. The van der Waals surface area contributed by atoms with Crippen molar-refractivity contribution in [2.45, 2.75) is 13.3 Å². The van der Waals surface area contributed by atoms with Gasteiger partial charge in [0.25, 0.3) is 0 Å². The SMILES string of the molecule is CCN(CCC#N)C(=O)Nc1c(Cl)cc(C(=O)O)cc1Cl. The van der Waals surface area contributed by atoms with Gasteiger partial charge >= 0.3 is 12.0 Å². The summed E-state index contributed by atoms with van der Waals surface area (Å²) >= 11 is 11.9. The van der Waals surface area contributed by atoms with Crippen molar-refractivity contribution in [2.24, 2.45) is 0 Å². The molecule has 0 spiro atoms. The number of nitriles is 1. The first-order valence-corrected chi connectivity index (χ1v) is 6.81. The summed E-state index contributed by atoms with van der Waals surface area (Å²) in [6, 6.07) is 3.91. The maximum atomic E-state index is 12.0. The molecule has 112 valence electrons. The van der Waals surface area contributed by atoms with Gasteiger partial charge in [0.15, 0.2) is 0 Å². The Morgan fingerprint density at radius 2 is 1.95 bits per heavy atom. The minimum Gasteiger partial charge on any atom is -0.478 e. The van der Waals surface area contributed by atoms with Gasteiger partial charge in [-0.15, -0.1) is 0 Å². The normalized spacial score (nSPS) is 9.81. The van der Waals surface area contributed by atoms with Crippen molar-refractivity contribution in [1.82, 2.24) is 4.90 Å². The smallest absolute Gasteiger partial charge is 0.335 e. The number of carboxylic acid groups (broad SMARTS) is 1. The van der Waals surface area contributed by atoms with E-state index in [0.717, 1.165) is 0 Å². The van der Waals surface area contributed by atoms with E-state index < -0.39 is 12.0 Å². The number of nitrogens with zero attached hydrogens (tertiary/aromatic N) is 2. The monoisotopic (exact) mass is 329 g/mol. The number of aromatic carboxylic acids is 1. The molecular formula is C13H13Cl2N3O3. The molecule has 0 radical (unpaired) electrons. The van der Waals surface area contributed by atoms with Crippen molar-refractivity contribution in [3.8, 4) is 6.07 Å². The van der Waals surface area contributed by atoms with E-state index in [1.54, 1.807) is 6.92 Å². The Morgan fingerprint density at radius 1 is 1.38 bits per heavy atom. The van der Waals surface area contributed by atoms with Crippen LogP contribution in [-0.4, -0.2) is 35.1 Å². The zero-order chi connectivity index (χ0) is 16.0. The molecule has 0 aliphatic rings. The Morgan fingerprint density at radius 3 is 2.38 bits per heavy atom. The summed E-state index contributed by atoms with van der Waals surface area (Å²) in [5.41, 5.74) is 0.0727. The lowest BCUT2D eigenvalue weighted by Crippen LogP contribution is -2.35. The van der Waals surface area contributed by atoms with Gasteiger partial charge in [-0.3, -0.25) is 0 Å². The maximum absolute atomic E-state index is 12.0. The molecule has 0 fully saturated rings. The third-order valence-corrected chi connectivity index (χ3v) is 3.28. The van der Waals surface area contributed by atoms with Gasteiger partial charge in [0, 0.05) is 13.1 Å².